The average Bonchev–Trinajstić information content (AvgIpc) is 2.75. The minimum atomic E-state index is -0.423. The highest BCUT2D eigenvalue weighted by molar-refractivity contribution is 6.30. The van der Waals surface area contributed by atoms with Gasteiger partial charge in [0.05, 0.1) is 11.9 Å². The topological polar surface area (TPSA) is 58.4 Å². The van der Waals surface area contributed by atoms with Crippen molar-refractivity contribution in [3.8, 4) is 0 Å². The zero-order valence-electron chi connectivity index (χ0n) is 10.3. The molecule has 0 saturated heterocycles. The Morgan fingerprint density at radius 2 is 2.21 bits per heavy atom. The van der Waals surface area contributed by atoms with E-state index in [2.05, 4.69) is 15.8 Å². The number of amides is 2. The van der Waals surface area contributed by atoms with Crippen molar-refractivity contribution in [2.24, 2.45) is 12.1 Å². The van der Waals surface area contributed by atoms with Crippen molar-refractivity contribution in [2.75, 3.05) is 5.32 Å². The Morgan fingerprint density at radius 3 is 2.89 bits per heavy atom. The van der Waals surface area contributed by atoms with Crippen LogP contribution in [0.2, 0.25) is 5.02 Å². The Balaban J connectivity index is 1.88. The summed E-state index contributed by atoms with van der Waals surface area (Å²) in [6.07, 6.45) is 3.46. The van der Waals surface area contributed by atoms with Crippen LogP contribution in [0.5, 0.6) is 0 Å². The van der Waals surface area contributed by atoms with Crippen LogP contribution < -0.4 is 10.7 Å². The molecule has 0 atom stereocenters. The number of hydrogen-bond acceptors (Lipinski definition) is 2. The lowest BCUT2D eigenvalue weighted by atomic mass is 10.3. The quantitative estimate of drug-likeness (QED) is 0.657. The maximum atomic E-state index is 11.6. The molecular formula is C13H13ClN4O. The van der Waals surface area contributed by atoms with Crippen LogP contribution in [0.25, 0.3) is 0 Å². The molecule has 1 heterocycles. The van der Waals surface area contributed by atoms with Gasteiger partial charge in [-0.2, -0.15) is 5.10 Å². The van der Waals surface area contributed by atoms with Gasteiger partial charge in [0.15, 0.2) is 0 Å². The largest absolute Gasteiger partial charge is 0.350 e. The molecule has 0 spiro atoms. The number of anilines is 1. The van der Waals surface area contributed by atoms with Crippen molar-refractivity contribution in [1.82, 2.24) is 9.99 Å². The number of carbonyl (C=O) groups is 1. The molecule has 0 aliphatic heterocycles. The van der Waals surface area contributed by atoms with Crippen molar-refractivity contribution >= 4 is 29.5 Å². The summed E-state index contributed by atoms with van der Waals surface area (Å²) in [5, 5.41) is 7.04. The van der Waals surface area contributed by atoms with Crippen molar-refractivity contribution < 1.29 is 4.79 Å². The van der Waals surface area contributed by atoms with Crippen molar-refractivity contribution in [2.45, 2.75) is 0 Å². The number of carbonyl (C=O) groups excluding carboxylic acids is 1. The molecule has 2 rings (SSSR count). The molecule has 19 heavy (non-hydrogen) atoms. The third kappa shape index (κ3) is 3.86. The van der Waals surface area contributed by atoms with Gasteiger partial charge in [-0.25, -0.2) is 10.2 Å². The molecule has 2 amide bonds. The van der Waals surface area contributed by atoms with Crippen LogP contribution in [0.4, 0.5) is 10.5 Å². The summed E-state index contributed by atoms with van der Waals surface area (Å²) in [4.78, 5) is 11.6. The third-order valence-electron chi connectivity index (χ3n) is 2.43. The molecular weight excluding hydrogens is 264 g/mol. The van der Waals surface area contributed by atoms with E-state index in [-0.39, 0.29) is 0 Å². The molecule has 0 saturated carbocycles. The average molecular weight is 277 g/mol. The van der Waals surface area contributed by atoms with E-state index < -0.39 is 6.03 Å². The predicted molar refractivity (Wildman–Crippen MR) is 76.6 cm³/mol. The maximum Gasteiger partial charge on any atom is 0.339 e. The van der Waals surface area contributed by atoms with Crippen LogP contribution in [0.3, 0.4) is 0 Å². The maximum absolute atomic E-state index is 11.6. The number of hydrogen-bond donors (Lipinski definition) is 2. The normalized spacial score (nSPS) is 10.6. The van der Waals surface area contributed by atoms with E-state index in [4.69, 9.17) is 11.6 Å². The minimum absolute atomic E-state index is 0.423. The lowest BCUT2D eigenvalue weighted by Crippen LogP contribution is -2.24. The summed E-state index contributed by atoms with van der Waals surface area (Å²) in [6.45, 7) is 0. The Hall–Kier alpha value is -2.27. The zero-order chi connectivity index (χ0) is 13.7. The Morgan fingerprint density at radius 1 is 1.37 bits per heavy atom. The van der Waals surface area contributed by atoms with Gasteiger partial charge in [0.2, 0.25) is 0 Å². The van der Waals surface area contributed by atoms with E-state index in [9.17, 15) is 4.79 Å². The molecule has 0 radical (unpaired) electrons. The number of hydrazone groups is 1. The molecule has 0 aliphatic rings. The van der Waals surface area contributed by atoms with Gasteiger partial charge in [0.25, 0.3) is 0 Å². The highest BCUT2D eigenvalue weighted by Crippen LogP contribution is 2.14. The number of urea groups is 1. The summed E-state index contributed by atoms with van der Waals surface area (Å²) in [6, 6.07) is 10.2. The first-order chi connectivity index (χ1) is 9.15. The first kappa shape index (κ1) is 13.2. The SMILES string of the molecule is Cn1cccc1/C=N/NC(=O)Nc1cccc(Cl)c1. The molecule has 1 aromatic carbocycles. The number of benzene rings is 1. The van der Waals surface area contributed by atoms with Crippen LogP contribution in [0.1, 0.15) is 5.69 Å². The lowest BCUT2D eigenvalue weighted by Gasteiger charge is -2.04. The highest BCUT2D eigenvalue weighted by Gasteiger charge is 2.00. The van der Waals surface area contributed by atoms with Gasteiger partial charge in [-0.15, -0.1) is 0 Å². The molecule has 0 fully saturated rings. The van der Waals surface area contributed by atoms with Gasteiger partial charge in [-0.3, -0.25) is 0 Å². The molecule has 98 valence electrons. The zero-order valence-corrected chi connectivity index (χ0v) is 11.1. The van der Waals surface area contributed by atoms with Gasteiger partial charge in [0.1, 0.15) is 0 Å². The second kappa shape index (κ2) is 6.06. The number of nitrogens with one attached hydrogen (secondary N) is 2. The summed E-state index contributed by atoms with van der Waals surface area (Å²) in [7, 11) is 1.90. The van der Waals surface area contributed by atoms with Crippen LogP contribution in [-0.4, -0.2) is 16.8 Å². The van der Waals surface area contributed by atoms with Crippen LogP contribution in [0.15, 0.2) is 47.7 Å². The lowest BCUT2D eigenvalue weighted by molar-refractivity contribution is 0.252. The number of nitrogens with zero attached hydrogens (tertiary/aromatic N) is 2. The second-order valence-corrected chi connectivity index (χ2v) is 4.31. The summed E-state index contributed by atoms with van der Waals surface area (Å²) in [5.74, 6) is 0. The molecule has 2 N–H and O–H groups in total. The summed E-state index contributed by atoms with van der Waals surface area (Å²) in [5.41, 5.74) is 3.88. The fourth-order valence-corrected chi connectivity index (χ4v) is 1.68. The number of halogens is 1. The first-order valence-corrected chi connectivity index (χ1v) is 6.00. The summed E-state index contributed by atoms with van der Waals surface area (Å²) >= 11 is 5.81. The van der Waals surface area contributed by atoms with Crippen LogP contribution in [-0.2, 0) is 7.05 Å². The number of rotatable bonds is 3. The van der Waals surface area contributed by atoms with Crippen molar-refractivity contribution in [3.05, 3.63) is 53.3 Å². The van der Waals surface area contributed by atoms with Gasteiger partial charge < -0.3 is 9.88 Å². The van der Waals surface area contributed by atoms with Gasteiger partial charge in [-0.1, -0.05) is 17.7 Å². The molecule has 2 aromatic rings. The van der Waals surface area contributed by atoms with E-state index >= 15 is 0 Å². The van der Waals surface area contributed by atoms with Gasteiger partial charge in [-0.05, 0) is 30.3 Å². The fourth-order valence-electron chi connectivity index (χ4n) is 1.49. The third-order valence-corrected chi connectivity index (χ3v) is 2.66. The molecule has 1 aromatic heterocycles. The Kier molecular flexibility index (Phi) is 4.20. The van der Waals surface area contributed by atoms with Gasteiger partial charge in [0, 0.05) is 24.0 Å². The molecule has 6 heteroatoms. The van der Waals surface area contributed by atoms with E-state index in [1.807, 2.05) is 29.9 Å². The van der Waals surface area contributed by atoms with Crippen molar-refractivity contribution in [3.63, 3.8) is 0 Å². The Labute approximate surface area is 115 Å². The molecule has 0 aliphatic carbocycles. The smallest absolute Gasteiger partial charge is 0.339 e. The molecule has 5 nitrogen and oxygen atoms in total. The Bertz CT molecular complexity index is 606. The van der Waals surface area contributed by atoms with Crippen molar-refractivity contribution in [1.29, 1.82) is 0 Å². The summed E-state index contributed by atoms with van der Waals surface area (Å²) < 4.78 is 1.89. The molecule has 0 bridgehead atoms. The van der Waals surface area contributed by atoms with E-state index in [1.165, 1.54) is 0 Å². The highest BCUT2D eigenvalue weighted by atomic mass is 35.5. The van der Waals surface area contributed by atoms with E-state index in [1.54, 1.807) is 30.5 Å². The minimum Gasteiger partial charge on any atom is -0.350 e. The van der Waals surface area contributed by atoms with Gasteiger partial charge >= 0.3 is 6.03 Å². The second-order valence-electron chi connectivity index (χ2n) is 3.88. The monoisotopic (exact) mass is 276 g/mol. The predicted octanol–water partition coefficient (Wildman–Crippen LogP) is 2.83. The number of aromatic nitrogens is 1. The first-order valence-electron chi connectivity index (χ1n) is 5.62. The number of aryl methyl sites for hydroxylation is 1. The van der Waals surface area contributed by atoms with E-state index in [0.717, 1.165) is 5.69 Å². The van der Waals surface area contributed by atoms with E-state index in [0.29, 0.717) is 10.7 Å². The molecule has 0 unspecified atom stereocenters. The standard InChI is InChI=1S/C13H13ClN4O/c1-18-7-3-6-12(18)9-15-17-13(19)16-11-5-2-4-10(14)8-11/h2-9H,1H3,(H2,16,17,19)/b15-9+. The fraction of sp³-hybridized carbons (Fsp3) is 0.0769. The van der Waals surface area contributed by atoms with Crippen LogP contribution in [0, 0.1) is 0 Å². The van der Waals surface area contributed by atoms with Crippen LogP contribution >= 0.6 is 11.6 Å².